The highest BCUT2D eigenvalue weighted by molar-refractivity contribution is 5.21. The zero-order valence-electron chi connectivity index (χ0n) is 10.3. The molecular weight excluding hydrogens is 228 g/mol. The second-order valence-corrected chi connectivity index (χ2v) is 3.87. The van der Waals surface area contributed by atoms with Crippen molar-refractivity contribution in [3.8, 4) is 6.07 Å². The van der Waals surface area contributed by atoms with Crippen LogP contribution in [0.5, 0.6) is 0 Å². The Kier molecular flexibility index (Phi) is 6.74. The van der Waals surface area contributed by atoms with Crippen molar-refractivity contribution in [2.75, 3.05) is 13.2 Å². The van der Waals surface area contributed by atoms with Gasteiger partial charge in [0.15, 0.2) is 0 Å². The minimum atomic E-state index is -0.559. The van der Waals surface area contributed by atoms with Gasteiger partial charge in [0.2, 0.25) is 0 Å². The lowest BCUT2D eigenvalue weighted by atomic mass is 10.1. The van der Waals surface area contributed by atoms with Gasteiger partial charge in [0.05, 0.1) is 32.5 Å². The van der Waals surface area contributed by atoms with Gasteiger partial charge in [-0.1, -0.05) is 30.3 Å². The number of ether oxygens (including phenoxy) is 2. The fraction of sp³-hybridized carbons (Fsp3) is 0.357. The third kappa shape index (κ3) is 5.60. The van der Waals surface area contributed by atoms with E-state index in [1.807, 2.05) is 30.3 Å². The molecule has 0 unspecified atom stereocenters. The first kappa shape index (κ1) is 14.4. The summed E-state index contributed by atoms with van der Waals surface area (Å²) in [7, 11) is 0. The van der Waals surface area contributed by atoms with Crippen molar-refractivity contribution in [1.29, 1.82) is 5.26 Å². The molecule has 0 heterocycles. The van der Waals surface area contributed by atoms with E-state index in [1.54, 1.807) is 6.08 Å². The number of nitriles is 1. The van der Waals surface area contributed by atoms with Crippen molar-refractivity contribution >= 4 is 0 Å². The average Bonchev–Trinajstić information content (AvgIpc) is 2.40. The van der Waals surface area contributed by atoms with Crippen molar-refractivity contribution in [2.45, 2.75) is 19.3 Å². The Hall–Kier alpha value is -1.67. The highest BCUT2D eigenvalue weighted by atomic mass is 16.5. The van der Waals surface area contributed by atoms with Crippen LogP contribution in [-0.2, 0) is 22.7 Å². The Morgan fingerprint density at radius 2 is 1.78 bits per heavy atom. The van der Waals surface area contributed by atoms with Crippen LogP contribution in [0.4, 0.5) is 0 Å². The molecule has 0 bridgehead atoms. The lowest BCUT2D eigenvalue weighted by Crippen LogP contribution is -2.23. The van der Waals surface area contributed by atoms with Crippen LogP contribution >= 0.6 is 0 Å². The highest BCUT2D eigenvalue weighted by Crippen LogP contribution is 2.07. The molecule has 4 nitrogen and oxygen atoms in total. The second kappa shape index (κ2) is 8.43. The molecule has 0 fully saturated rings. The molecule has 96 valence electrons. The van der Waals surface area contributed by atoms with Gasteiger partial charge in [-0.05, 0) is 11.1 Å². The van der Waals surface area contributed by atoms with Crippen LogP contribution in [0.15, 0.2) is 36.9 Å². The molecule has 1 aromatic rings. The van der Waals surface area contributed by atoms with Gasteiger partial charge in [0.25, 0.3) is 0 Å². The van der Waals surface area contributed by atoms with E-state index in [-0.39, 0.29) is 6.61 Å². The van der Waals surface area contributed by atoms with Crippen molar-refractivity contribution in [2.24, 2.45) is 5.73 Å². The third-order valence-electron chi connectivity index (χ3n) is 2.26. The summed E-state index contributed by atoms with van der Waals surface area (Å²) in [6, 6.07) is 9.30. The van der Waals surface area contributed by atoms with E-state index < -0.39 is 6.04 Å². The molecule has 0 saturated carbocycles. The summed E-state index contributed by atoms with van der Waals surface area (Å²) in [6.07, 6.45) is 1.72. The fourth-order valence-electron chi connectivity index (χ4n) is 1.33. The first-order chi connectivity index (χ1) is 8.76. The number of hydrogen-bond donors (Lipinski definition) is 1. The Bertz CT molecular complexity index is 395. The summed E-state index contributed by atoms with van der Waals surface area (Å²) < 4.78 is 10.7. The van der Waals surface area contributed by atoms with E-state index in [0.29, 0.717) is 19.8 Å². The Morgan fingerprint density at radius 1 is 1.22 bits per heavy atom. The van der Waals surface area contributed by atoms with Crippen LogP contribution < -0.4 is 5.73 Å². The molecule has 0 aromatic heterocycles. The first-order valence-electron chi connectivity index (χ1n) is 5.75. The summed E-state index contributed by atoms with van der Waals surface area (Å²) >= 11 is 0. The van der Waals surface area contributed by atoms with Crippen LogP contribution in [0.1, 0.15) is 11.1 Å². The van der Waals surface area contributed by atoms with Crippen molar-refractivity contribution < 1.29 is 9.47 Å². The number of rotatable bonds is 8. The predicted molar refractivity (Wildman–Crippen MR) is 69.5 cm³/mol. The van der Waals surface area contributed by atoms with Gasteiger partial charge in [-0.3, -0.25) is 0 Å². The van der Waals surface area contributed by atoms with Gasteiger partial charge in [-0.15, -0.1) is 6.58 Å². The molecule has 0 radical (unpaired) electrons. The quantitative estimate of drug-likeness (QED) is 0.560. The van der Waals surface area contributed by atoms with Crippen LogP contribution in [0, 0.1) is 11.3 Å². The van der Waals surface area contributed by atoms with E-state index in [4.69, 9.17) is 20.5 Å². The Labute approximate surface area is 108 Å². The van der Waals surface area contributed by atoms with E-state index in [9.17, 15) is 0 Å². The highest BCUT2D eigenvalue weighted by Gasteiger charge is 2.00. The van der Waals surface area contributed by atoms with Crippen LogP contribution in [-0.4, -0.2) is 19.3 Å². The van der Waals surface area contributed by atoms with Gasteiger partial charge in [0, 0.05) is 0 Å². The zero-order chi connectivity index (χ0) is 13.2. The molecule has 2 N–H and O–H groups in total. The van der Waals surface area contributed by atoms with E-state index >= 15 is 0 Å². The lowest BCUT2D eigenvalue weighted by molar-refractivity contribution is 0.117. The van der Waals surface area contributed by atoms with Crippen molar-refractivity contribution in [1.82, 2.24) is 0 Å². The predicted octanol–water partition coefficient (Wildman–Crippen LogP) is 1.76. The Balaban J connectivity index is 2.31. The summed E-state index contributed by atoms with van der Waals surface area (Å²) in [5.74, 6) is 0. The maximum Gasteiger partial charge on any atom is 0.116 e. The normalized spacial score (nSPS) is 11.8. The summed E-state index contributed by atoms with van der Waals surface area (Å²) in [5.41, 5.74) is 7.57. The molecule has 4 heteroatoms. The smallest absolute Gasteiger partial charge is 0.116 e. The van der Waals surface area contributed by atoms with Crippen LogP contribution in [0.2, 0.25) is 0 Å². The maximum absolute atomic E-state index is 8.50. The van der Waals surface area contributed by atoms with Crippen LogP contribution in [0.3, 0.4) is 0 Å². The molecule has 0 aliphatic heterocycles. The molecule has 1 atom stereocenters. The van der Waals surface area contributed by atoms with E-state index in [2.05, 4.69) is 6.58 Å². The number of nitrogens with zero attached hydrogens (tertiary/aromatic N) is 1. The molecule has 1 rings (SSSR count). The summed E-state index contributed by atoms with van der Waals surface area (Å²) in [6.45, 7) is 5.43. The zero-order valence-corrected chi connectivity index (χ0v) is 10.3. The van der Waals surface area contributed by atoms with Crippen LogP contribution in [0.25, 0.3) is 0 Å². The molecule has 1 aromatic carbocycles. The van der Waals surface area contributed by atoms with Gasteiger partial charge >= 0.3 is 0 Å². The fourth-order valence-corrected chi connectivity index (χ4v) is 1.33. The topological polar surface area (TPSA) is 68.3 Å². The molecule has 18 heavy (non-hydrogen) atoms. The van der Waals surface area contributed by atoms with E-state index in [1.165, 1.54) is 0 Å². The Morgan fingerprint density at radius 3 is 2.28 bits per heavy atom. The number of benzene rings is 1. The first-order valence-corrected chi connectivity index (χ1v) is 5.75. The van der Waals surface area contributed by atoms with Gasteiger partial charge in [-0.25, -0.2) is 0 Å². The molecule has 0 amide bonds. The average molecular weight is 246 g/mol. The van der Waals surface area contributed by atoms with Crippen molar-refractivity contribution in [3.63, 3.8) is 0 Å². The molecule has 0 spiro atoms. The largest absolute Gasteiger partial charge is 0.374 e. The van der Waals surface area contributed by atoms with Crippen molar-refractivity contribution in [3.05, 3.63) is 48.0 Å². The number of hydrogen-bond acceptors (Lipinski definition) is 4. The standard InChI is InChI=1S/C14H18N2O2/c1-2-7-17-9-12-3-5-13(6-4-12)10-18-11-14(16)8-15/h2-6,14H,1,7,9-11,16H2/t14-/m1/s1. The lowest BCUT2D eigenvalue weighted by Gasteiger charge is -2.07. The minimum absolute atomic E-state index is 0.251. The van der Waals surface area contributed by atoms with E-state index in [0.717, 1.165) is 11.1 Å². The maximum atomic E-state index is 8.50. The molecule has 0 saturated heterocycles. The minimum Gasteiger partial charge on any atom is -0.374 e. The monoisotopic (exact) mass is 246 g/mol. The summed E-state index contributed by atoms with van der Waals surface area (Å²) in [5, 5.41) is 8.50. The summed E-state index contributed by atoms with van der Waals surface area (Å²) in [4.78, 5) is 0. The van der Waals surface area contributed by atoms with Gasteiger partial charge in [-0.2, -0.15) is 5.26 Å². The molecule has 0 aliphatic rings. The SMILES string of the molecule is C=CCOCc1ccc(COC[C@H](N)C#N)cc1. The van der Waals surface area contributed by atoms with Gasteiger partial charge in [0.1, 0.15) is 6.04 Å². The number of nitrogens with two attached hydrogens (primary N) is 1. The molecule has 0 aliphatic carbocycles. The molecular formula is C14H18N2O2. The third-order valence-corrected chi connectivity index (χ3v) is 2.26. The second-order valence-electron chi connectivity index (χ2n) is 3.87. The van der Waals surface area contributed by atoms with Gasteiger partial charge < -0.3 is 15.2 Å².